The van der Waals surface area contributed by atoms with Crippen molar-refractivity contribution in [3.05, 3.63) is 29.6 Å². The van der Waals surface area contributed by atoms with Gasteiger partial charge in [0, 0.05) is 31.3 Å². The quantitative estimate of drug-likeness (QED) is 0.777. The number of alkyl halides is 1. The first-order valence-electron chi connectivity index (χ1n) is 6.45. The second kappa shape index (κ2) is 6.39. The molecule has 1 heterocycles. The molecule has 0 bridgehead atoms. The molecule has 1 saturated heterocycles. The van der Waals surface area contributed by atoms with E-state index < -0.39 is 0 Å². The van der Waals surface area contributed by atoms with Crippen molar-refractivity contribution in [3.63, 3.8) is 0 Å². The van der Waals surface area contributed by atoms with Gasteiger partial charge in [0.05, 0.1) is 6.10 Å². The predicted molar refractivity (Wildman–Crippen MR) is 72.8 cm³/mol. The van der Waals surface area contributed by atoms with Crippen molar-refractivity contribution in [2.75, 3.05) is 24.6 Å². The van der Waals surface area contributed by atoms with Gasteiger partial charge in [-0.1, -0.05) is 0 Å². The van der Waals surface area contributed by atoms with E-state index >= 15 is 0 Å². The zero-order valence-corrected chi connectivity index (χ0v) is 11.4. The number of hydrogen-bond acceptors (Lipinski definition) is 2. The molecule has 0 radical (unpaired) electrons. The van der Waals surface area contributed by atoms with Crippen LogP contribution in [-0.2, 0) is 10.6 Å². The van der Waals surface area contributed by atoms with Gasteiger partial charge in [0.1, 0.15) is 5.82 Å². The van der Waals surface area contributed by atoms with Crippen LogP contribution in [0.25, 0.3) is 0 Å². The first kappa shape index (κ1) is 13.6. The molecule has 1 aromatic rings. The van der Waals surface area contributed by atoms with Crippen LogP contribution in [0.2, 0.25) is 0 Å². The van der Waals surface area contributed by atoms with Crippen molar-refractivity contribution in [3.8, 4) is 0 Å². The van der Waals surface area contributed by atoms with Crippen LogP contribution in [0.1, 0.15) is 25.3 Å². The molecule has 4 heteroatoms. The van der Waals surface area contributed by atoms with Crippen LogP contribution in [0.5, 0.6) is 0 Å². The highest BCUT2D eigenvalue weighted by Gasteiger charge is 2.20. The summed E-state index contributed by atoms with van der Waals surface area (Å²) >= 11 is 5.77. The molecule has 1 aliphatic rings. The molecular formula is C14H19ClFNO. The average molecular weight is 272 g/mol. The van der Waals surface area contributed by atoms with E-state index in [2.05, 4.69) is 4.90 Å². The van der Waals surface area contributed by atoms with Crippen LogP contribution in [0.4, 0.5) is 10.1 Å². The second-order valence-electron chi connectivity index (χ2n) is 4.59. The lowest BCUT2D eigenvalue weighted by Gasteiger charge is -2.33. The van der Waals surface area contributed by atoms with Crippen LogP contribution in [0, 0.1) is 5.82 Å². The third-order valence-electron chi connectivity index (χ3n) is 3.31. The number of piperidine rings is 1. The van der Waals surface area contributed by atoms with Crippen molar-refractivity contribution in [1.82, 2.24) is 0 Å². The van der Waals surface area contributed by atoms with Gasteiger partial charge in [-0.3, -0.25) is 0 Å². The Bertz CT molecular complexity index is 391. The van der Waals surface area contributed by atoms with Crippen LogP contribution in [-0.4, -0.2) is 25.8 Å². The number of nitrogens with zero attached hydrogens (tertiary/aromatic N) is 1. The van der Waals surface area contributed by atoms with Crippen LogP contribution in [0.3, 0.4) is 0 Å². The van der Waals surface area contributed by atoms with E-state index in [1.807, 2.05) is 13.0 Å². The third-order valence-corrected chi connectivity index (χ3v) is 3.61. The Labute approximate surface area is 113 Å². The smallest absolute Gasteiger partial charge is 0.125 e. The third kappa shape index (κ3) is 3.36. The SMILES string of the molecule is CCOC1CCN(c2cc(F)cc(CCl)c2)CC1. The summed E-state index contributed by atoms with van der Waals surface area (Å²) in [5, 5.41) is 0. The maximum absolute atomic E-state index is 13.5. The van der Waals surface area contributed by atoms with Crippen molar-refractivity contribution in [2.45, 2.75) is 31.7 Å². The molecule has 0 atom stereocenters. The minimum atomic E-state index is -0.213. The lowest BCUT2D eigenvalue weighted by atomic mass is 10.1. The zero-order chi connectivity index (χ0) is 13.0. The highest BCUT2D eigenvalue weighted by molar-refractivity contribution is 6.17. The van der Waals surface area contributed by atoms with Crippen LogP contribution >= 0.6 is 11.6 Å². The van der Waals surface area contributed by atoms with Crippen LogP contribution in [0.15, 0.2) is 18.2 Å². The Morgan fingerprint density at radius 1 is 1.33 bits per heavy atom. The van der Waals surface area contributed by atoms with Gasteiger partial charge >= 0.3 is 0 Å². The molecule has 0 N–H and O–H groups in total. The molecule has 1 aliphatic heterocycles. The fraction of sp³-hybridized carbons (Fsp3) is 0.571. The number of anilines is 1. The summed E-state index contributed by atoms with van der Waals surface area (Å²) < 4.78 is 19.1. The van der Waals surface area contributed by atoms with Gasteiger partial charge in [0.2, 0.25) is 0 Å². The summed E-state index contributed by atoms with van der Waals surface area (Å²) in [6, 6.07) is 5.04. The van der Waals surface area contributed by atoms with Gasteiger partial charge < -0.3 is 9.64 Å². The fourth-order valence-corrected chi connectivity index (χ4v) is 2.56. The Balaban J connectivity index is 2.02. The molecule has 100 valence electrons. The molecule has 1 aromatic carbocycles. The molecule has 0 saturated carbocycles. The number of halogens is 2. The van der Waals surface area contributed by atoms with Gasteiger partial charge in [-0.15, -0.1) is 11.6 Å². The number of rotatable bonds is 4. The highest BCUT2D eigenvalue weighted by atomic mass is 35.5. The summed E-state index contributed by atoms with van der Waals surface area (Å²) in [6.45, 7) is 4.61. The molecule has 2 nitrogen and oxygen atoms in total. The molecule has 0 spiro atoms. The Morgan fingerprint density at radius 3 is 2.67 bits per heavy atom. The lowest BCUT2D eigenvalue weighted by Crippen LogP contribution is -2.37. The molecule has 0 aliphatic carbocycles. The molecular weight excluding hydrogens is 253 g/mol. The van der Waals surface area contributed by atoms with Gasteiger partial charge in [0.25, 0.3) is 0 Å². The van der Waals surface area contributed by atoms with Crippen molar-refractivity contribution in [1.29, 1.82) is 0 Å². The molecule has 2 rings (SSSR count). The topological polar surface area (TPSA) is 12.5 Å². The summed E-state index contributed by atoms with van der Waals surface area (Å²) in [5.74, 6) is 0.135. The number of ether oxygens (including phenoxy) is 1. The second-order valence-corrected chi connectivity index (χ2v) is 4.86. The lowest BCUT2D eigenvalue weighted by molar-refractivity contribution is 0.0459. The molecule has 18 heavy (non-hydrogen) atoms. The van der Waals surface area contributed by atoms with Crippen molar-refractivity contribution >= 4 is 17.3 Å². The summed E-state index contributed by atoms with van der Waals surface area (Å²) in [5.41, 5.74) is 1.76. The standard InChI is InChI=1S/C14H19ClFNO/c1-2-18-14-3-5-17(6-4-14)13-8-11(10-15)7-12(16)9-13/h7-9,14H,2-6,10H2,1H3. The van der Waals surface area contributed by atoms with Gasteiger partial charge in [0.15, 0.2) is 0 Å². The Morgan fingerprint density at radius 2 is 2.06 bits per heavy atom. The first-order valence-corrected chi connectivity index (χ1v) is 6.98. The average Bonchev–Trinajstić information content (AvgIpc) is 2.39. The first-order chi connectivity index (χ1) is 8.72. The summed E-state index contributed by atoms with van der Waals surface area (Å²) in [6.07, 6.45) is 2.36. The molecule has 0 aromatic heterocycles. The van der Waals surface area contributed by atoms with E-state index in [0.29, 0.717) is 12.0 Å². The predicted octanol–water partition coefficient (Wildman–Crippen LogP) is 3.57. The largest absolute Gasteiger partial charge is 0.378 e. The number of benzene rings is 1. The minimum absolute atomic E-state index is 0.213. The minimum Gasteiger partial charge on any atom is -0.378 e. The van der Waals surface area contributed by atoms with E-state index in [-0.39, 0.29) is 5.82 Å². The normalized spacial score (nSPS) is 17.2. The number of hydrogen-bond donors (Lipinski definition) is 0. The Kier molecular flexibility index (Phi) is 4.84. The fourth-order valence-electron chi connectivity index (χ4n) is 2.41. The monoisotopic (exact) mass is 271 g/mol. The van der Waals surface area contributed by atoms with E-state index in [9.17, 15) is 4.39 Å². The van der Waals surface area contributed by atoms with Gasteiger partial charge in [-0.2, -0.15) is 0 Å². The summed E-state index contributed by atoms with van der Waals surface area (Å²) in [4.78, 5) is 2.20. The van der Waals surface area contributed by atoms with Gasteiger partial charge in [-0.05, 0) is 43.5 Å². The highest BCUT2D eigenvalue weighted by Crippen LogP contribution is 2.24. The Hall–Kier alpha value is -0.800. The van der Waals surface area contributed by atoms with E-state index in [1.165, 1.54) is 6.07 Å². The maximum atomic E-state index is 13.5. The van der Waals surface area contributed by atoms with Crippen LogP contribution < -0.4 is 4.90 Å². The molecule has 0 unspecified atom stereocenters. The van der Waals surface area contributed by atoms with E-state index in [0.717, 1.165) is 43.8 Å². The molecule has 0 amide bonds. The van der Waals surface area contributed by atoms with E-state index in [1.54, 1.807) is 6.07 Å². The van der Waals surface area contributed by atoms with Crippen molar-refractivity contribution < 1.29 is 9.13 Å². The zero-order valence-electron chi connectivity index (χ0n) is 10.7. The van der Waals surface area contributed by atoms with Gasteiger partial charge in [-0.25, -0.2) is 4.39 Å². The summed E-state index contributed by atoms with van der Waals surface area (Å²) in [7, 11) is 0. The van der Waals surface area contributed by atoms with E-state index in [4.69, 9.17) is 16.3 Å². The molecule has 1 fully saturated rings. The van der Waals surface area contributed by atoms with Crippen molar-refractivity contribution in [2.24, 2.45) is 0 Å². The maximum Gasteiger partial charge on any atom is 0.125 e.